The van der Waals surface area contributed by atoms with Crippen LogP contribution in [0, 0.1) is 5.92 Å². The minimum absolute atomic E-state index is 0.223. The van der Waals surface area contributed by atoms with Gasteiger partial charge in [0.2, 0.25) is 15.9 Å². The SMILES string of the molecule is CCOC(=O)C(C)NC(=O)C1CCN(S(C)(=O)=O)CC1. The molecule has 1 aliphatic heterocycles. The highest BCUT2D eigenvalue weighted by Crippen LogP contribution is 2.19. The molecule has 1 rings (SSSR count). The third-order valence-electron chi connectivity index (χ3n) is 3.29. The number of sulfonamides is 1. The molecule has 7 nitrogen and oxygen atoms in total. The van der Waals surface area contributed by atoms with Gasteiger partial charge in [0.15, 0.2) is 0 Å². The monoisotopic (exact) mass is 306 g/mol. The van der Waals surface area contributed by atoms with Crippen molar-refractivity contribution < 1.29 is 22.7 Å². The Kier molecular flexibility index (Phi) is 5.94. The van der Waals surface area contributed by atoms with Crippen molar-refractivity contribution in [3.63, 3.8) is 0 Å². The fourth-order valence-electron chi connectivity index (χ4n) is 2.11. The standard InChI is InChI=1S/C12H22N2O5S/c1-4-19-12(16)9(2)13-11(15)10-5-7-14(8-6-10)20(3,17)18/h9-10H,4-8H2,1-3H3,(H,13,15). The highest BCUT2D eigenvalue weighted by atomic mass is 32.2. The molecule has 0 aromatic carbocycles. The summed E-state index contributed by atoms with van der Waals surface area (Å²) in [6, 6.07) is -0.685. The van der Waals surface area contributed by atoms with E-state index in [1.54, 1.807) is 13.8 Å². The average Bonchev–Trinajstić information content (AvgIpc) is 2.38. The van der Waals surface area contributed by atoms with Crippen LogP contribution in [0.1, 0.15) is 26.7 Å². The van der Waals surface area contributed by atoms with Gasteiger partial charge in [0, 0.05) is 19.0 Å². The fourth-order valence-corrected chi connectivity index (χ4v) is 2.98. The number of ether oxygens (including phenoxy) is 1. The Morgan fingerprint density at radius 1 is 1.35 bits per heavy atom. The van der Waals surface area contributed by atoms with Crippen LogP contribution in [0.15, 0.2) is 0 Å². The zero-order valence-electron chi connectivity index (χ0n) is 12.1. The number of rotatable bonds is 5. The van der Waals surface area contributed by atoms with Crippen molar-refractivity contribution in [1.82, 2.24) is 9.62 Å². The van der Waals surface area contributed by atoms with Crippen LogP contribution in [0.25, 0.3) is 0 Å². The molecular formula is C12H22N2O5S. The lowest BCUT2D eigenvalue weighted by molar-refractivity contribution is -0.147. The van der Waals surface area contributed by atoms with E-state index < -0.39 is 22.0 Å². The summed E-state index contributed by atoms with van der Waals surface area (Å²) in [5.41, 5.74) is 0. The summed E-state index contributed by atoms with van der Waals surface area (Å²) in [4.78, 5) is 23.4. The Labute approximate surface area is 119 Å². The molecule has 1 atom stereocenters. The van der Waals surface area contributed by atoms with Gasteiger partial charge in [-0.1, -0.05) is 0 Å². The van der Waals surface area contributed by atoms with E-state index in [2.05, 4.69) is 5.32 Å². The summed E-state index contributed by atoms with van der Waals surface area (Å²) in [7, 11) is -3.19. The van der Waals surface area contributed by atoms with Crippen molar-refractivity contribution >= 4 is 21.9 Å². The number of nitrogens with zero attached hydrogens (tertiary/aromatic N) is 1. The minimum Gasteiger partial charge on any atom is -0.464 e. The van der Waals surface area contributed by atoms with Crippen LogP contribution < -0.4 is 5.32 Å². The summed E-state index contributed by atoms with van der Waals surface area (Å²) in [6.07, 6.45) is 2.10. The molecule has 1 fully saturated rings. The minimum atomic E-state index is -3.19. The summed E-state index contributed by atoms with van der Waals surface area (Å²) in [5, 5.41) is 2.61. The smallest absolute Gasteiger partial charge is 0.328 e. The van der Waals surface area contributed by atoms with Crippen molar-refractivity contribution in [2.75, 3.05) is 26.0 Å². The largest absolute Gasteiger partial charge is 0.464 e. The first-order valence-corrected chi connectivity index (χ1v) is 8.52. The molecule has 1 amide bonds. The summed E-state index contributed by atoms with van der Waals surface area (Å²) in [6.45, 7) is 4.22. The molecule has 0 aromatic heterocycles. The van der Waals surface area contributed by atoms with Crippen molar-refractivity contribution in [1.29, 1.82) is 0 Å². The van der Waals surface area contributed by atoms with E-state index in [1.807, 2.05) is 0 Å². The number of amides is 1. The molecule has 0 radical (unpaired) electrons. The van der Waals surface area contributed by atoms with E-state index in [4.69, 9.17) is 4.74 Å². The zero-order valence-corrected chi connectivity index (χ0v) is 12.9. The van der Waals surface area contributed by atoms with Crippen molar-refractivity contribution in [3.8, 4) is 0 Å². The predicted octanol–water partition coefficient (Wildman–Crippen LogP) is -0.274. The lowest BCUT2D eigenvalue weighted by Gasteiger charge is -2.29. The van der Waals surface area contributed by atoms with Crippen molar-refractivity contribution in [2.24, 2.45) is 5.92 Å². The molecule has 8 heteroatoms. The quantitative estimate of drug-likeness (QED) is 0.706. The van der Waals surface area contributed by atoms with Crippen LogP contribution in [0.2, 0.25) is 0 Å². The summed E-state index contributed by atoms with van der Waals surface area (Å²) >= 11 is 0. The van der Waals surface area contributed by atoms with E-state index in [1.165, 1.54) is 4.31 Å². The topological polar surface area (TPSA) is 92.8 Å². The zero-order chi connectivity index (χ0) is 15.3. The predicted molar refractivity (Wildman–Crippen MR) is 73.4 cm³/mol. The van der Waals surface area contributed by atoms with Crippen molar-refractivity contribution in [3.05, 3.63) is 0 Å². The van der Waals surface area contributed by atoms with E-state index in [9.17, 15) is 18.0 Å². The average molecular weight is 306 g/mol. The molecule has 20 heavy (non-hydrogen) atoms. The molecular weight excluding hydrogens is 284 g/mol. The van der Waals surface area contributed by atoms with Gasteiger partial charge in [-0.05, 0) is 26.7 Å². The Morgan fingerprint density at radius 2 is 1.90 bits per heavy atom. The van der Waals surface area contributed by atoms with Crippen LogP contribution in [-0.4, -0.2) is 56.6 Å². The second-order valence-corrected chi connectivity index (χ2v) is 6.90. The van der Waals surface area contributed by atoms with Gasteiger partial charge in [-0.2, -0.15) is 0 Å². The van der Waals surface area contributed by atoms with Gasteiger partial charge < -0.3 is 10.1 Å². The number of hydrogen-bond acceptors (Lipinski definition) is 5. The number of carbonyl (C=O) groups excluding carboxylic acids is 2. The van der Waals surface area contributed by atoms with Crippen LogP contribution in [0.3, 0.4) is 0 Å². The lowest BCUT2D eigenvalue weighted by atomic mass is 9.97. The summed E-state index contributed by atoms with van der Waals surface area (Å²) in [5.74, 6) is -0.946. The highest BCUT2D eigenvalue weighted by molar-refractivity contribution is 7.88. The normalized spacial score (nSPS) is 19.4. The Hall–Kier alpha value is -1.15. The van der Waals surface area contributed by atoms with Gasteiger partial charge in [0.25, 0.3) is 0 Å². The van der Waals surface area contributed by atoms with Gasteiger partial charge in [0.1, 0.15) is 6.04 Å². The van der Waals surface area contributed by atoms with E-state index >= 15 is 0 Å². The number of nitrogens with one attached hydrogen (secondary N) is 1. The maximum Gasteiger partial charge on any atom is 0.328 e. The second kappa shape index (κ2) is 7.03. The first-order chi connectivity index (χ1) is 9.25. The van der Waals surface area contributed by atoms with Gasteiger partial charge in [-0.25, -0.2) is 17.5 Å². The molecule has 1 N–H and O–H groups in total. The summed E-state index contributed by atoms with van der Waals surface area (Å²) < 4.78 is 28.9. The first kappa shape index (κ1) is 16.9. The first-order valence-electron chi connectivity index (χ1n) is 6.67. The van der Waals surface area contributed by atoms with Crippen LogP contribution >= 0.6 is 0 Å². The maximum absolute atomic E-state index is 12.0. The van der Waals surface area contributed by atoms with Gasteiger partial charge in [0.05, 0.1) is 12.9 Å². The molecule has 116 valence electrons. The third-order valence-corrected chi connectivity index (χ3v) is 4.60. The van der Waals surface area contributed by atoms with E-state index in [-0.39, 0.29) is 18.4 Å². The Morgan fingerprint density at radius 3 is 2.35 bits per heavy atom. The van der Waals surface area contributed by atoms with Gasteiger partial charge >= 0.3 is 5.97 Å². The molecule has 0 aromatic rings. The molecule has 1 aliphatic rings. The third kappa shape index (κ3) is 4.75. The molecule has 0 aliphatic carbocycles. The molecule has 1 saturated heterocycles. The van der Waals surface area contributed by atoms with Gasteiger partial charge in [-0.15, -0.1) is 0 Å². The van der Waals surface area contributed by atoms with Crippen molar-refractivity contribution in [2.45, 2.75) is 32.7 Å². The number of piperidine rings is 1. The van der Waals surface area contributed by atoms with E-state index in [0.717, 1.165) is 6.26 Å². The number of esters is 1. The molecule has 0 saturated carbocycles. The number of hydrogen-bond donors (Lipinski definition) is 1. The Balaban J connectivity index is 2.45. The van der Waals surface area contributed by atoms with Gasteiger partial charge in [-0.3, -0.25) is 4.79 Å². The molecule has 1 unspecified atom stereocenters. The highest BCUT2D eigenvalue weighted by Gasteiger charge is 2.30. The maximum atomic E-state index is 12.0. The molecule has 0 bridgehead atoms. The molecule has 1 heterocycles. The second-order valence-electron chi connectivity index (χ2n) is 4.92. The van der Waals surface area contributed by atoms with Crippen LogP contribution in [0.5, 0.6) is 0 Å². The van der Waals surface area contributed by atoms with Crippen LogP contribution in [0.4, 0.5) is 0 Å². The Bertz CT molecular complexity index is 454. The molecule has 0 spiro atoms. The van der Waals surface area contributed by atoms with E-state index in [0.29, 0.717) is 25.9 Å². The fraction of sp³-hybridized carbons (Fsp3) is 0.833. The lowest BCUT2D eigenvalue weighted by Crippen LogP contribution is -2.46. The number of carbonyl (C=O) groups is 2. The van der Waals surface area contributed by atoms with Crippen LogP contribution in [-0.2, 0) is 24.3 Å².